The summed E-state index contributed by atoms with van der Waals surface area (Å²) in [6.45, 7) is 0.945. The summed E-state index contributed by atoms with van der Waals surface area (Å²) in [5.74, 6) is 2.32. The van der Waals surface area contributed by atoms with Crippen LogP contribution >= 0.6 is 11.8 Å². The predicted molar refractivity (Wildman–Crippen MR) is 68.9 cm³/mol. The molecule has 0 aromatic rings. The second-order valence-electron chi connectivity index (χ2n) is 4.60. The molecular weight excluding hydrogens is 260 g/mol. The van der Waals surface area contributed by atoms with E-state index in [0.29, 0.717) is 12.8 Å². The fourth-order valence-electron chi connectivity index (χ4n) is 2.17. The Kier molecular flexibility index (Phi) is 4.32. The van der Waals surface area contributed by atoms with Crippen molar-refractivity contribution in [2.45, 2.75) is 24.9 Å². The molecule has 0 aliphatic carbocycles. The minimum absolute atomic E-state index is 0.0351. The van der Waals surface area contributed by atoms with Gasteiger partial charge in [0.05, 0.1) is 11.5 Å². The highest BCUT2D eigenvalue weighted by atomic mass is 32.2. The van der Waals surface area contributed by atoms with Crippen LogP contribution in [0, 0.1) is 0 Å². The van der Waals surface area contributed by atoms with Gasteiger partial charge in [-0.15, -0.1) is 0 Å². The van der Waals surface area contributed by atoms with E-state index < -0.39 is 9.84 Å². The minimum Gasteiger partial charge on any atom is -0.352 e. The van der Waals surface area contributed by atoms with Crippen LogP contribution in [0.15, 0.2) is 0 Å². The number of nitrogens with one attached hydrogen (secondary N) is 2. The molecule has 17 heavy (non-hydrogen) atoms. The van der Waals surface area contributed by atoms with E-state index in [-0.39, 0.29) is 29.5 Å². The van der Waals surface area contributed by atoms with Crippen LogP contribution in [0.2, 0.25) is 0 Å². The van der Waals surface area contributed by atoms with E-state index in [1.54, 1.807) is 0 Å². The van der Waals surface area contributed by atoms with E-state index in [0.717, 1.165) is 18.1 Å². The van der Waals surface area contributed by atoms with Gasteiger partial charge in [0.25, 0.3) is 0 Å². The lowest BCUT2D eigenvalue weighted by molar-refractivity contribution is -0.122. The van der Waals surface area contributed by atoms with Crippen LogP contribution in [0.4, 0.5) is 0 Å². The van der Waals surface area contributed by atoms with Crippen molar-refractivity contribution in [2.24, 2.45) is 0 Å². The molecule has 2 unspecified atom stereocenters. The third-order valence-corrected chi connectivity index (χ3v) is 5.93. The van der Waals surface area contributed by atoms with Crippen molar-refractivity contribution < 1.29 is 13.2 Å². The van der Waals surface area contributed by atoms with Crippen LogP contribution in [0.25, 0.3) is 0 Å². The van der Waals surface area contributed by atoms with Gasteiger partial charge < -0.3 is 10.6 Å². The number of rotatable bonds is 3. The van der Waals surface area contributed by atoms with E-state index in [4.69, 9.17) is 0 Å². The van der Waals surface area contributed by atoms with Gasteiger partial charge in [0.1, 0.15) is 0 Å². The zero-order valence-electron chi connectivity index (χ0n) is 9.65. The van der Waals surface area contributed by atoms with Gasteiger partial charge >= 0.3 is 0 Å². The molecule has 7 heteroatoms. The summed E-state index contributed by atoms with van der Waals surface area (Å²) < 4.78 is 22.5. The number of hydrogen-bond acceptors (Lipinski definition) is 5. The van der Waals surface area contributed by atoms with Crippen LogP contribution in [0.1, 0.15) is 12.8 Å². The van der Waals surface area contributed by atoms with Crippen LogP contribution in [0.5, 0.6) is 0 Å². The maximum atomic E-state index is 11.7. The predicted octanol–water partition coefficient (Wildman–Crippen LogP) is -0.615. The molecule has 0 aromatic heterocycles. The Morgan fingerprint density at radius 1 is 1.47 bits per heavy atom. The summed E-state index contributed by atoms with van der Waals surface area (Å²) in [4.78, 5) is 11.7. The van der Waals surface area contributed by atoms with Gasteiger partial charge in [-0.3, -0.25) is 4.79 Å². The Balaban J connectivity index is 1.74. The van der Waals surface area contributed by atoms with Crippen molar-refractivity contribution in [3.63, 3.8) is 0 Å². The Hall–Kier alpha value is -0.270. The highest BCUT2D eigenvalue weighted by molar-refractivity contribution is 7.99. The lowest BCUT2D eigenvalue weighted by Gasteiger charge is -2.23. The average molecular weight is 278 g/mol. The minimum atomic E-state index is -2.91. The van der Waals surface area contributed by atoms with Crippen molar-refractivity contribution >= 4 is 27.5 Å². The first-order valence-electron chi connectivity index (χ1n) is 5.86. The molecule has 2 aliphatic rings. The number of sulfone groups is 1. The first-order valence-corrected chi connectivity index (χ1v) is 8.84. The molecule has 98 valence electrons. The summed E-state index contributed by atoms with van der Waals surface area (Å²) in [5, 5.41) is 6.11. The topological polar surface area (TPSA) is 75.3 Å². The van der Waals surface area contributed by atoms with Gasteiger partial charge in [0.2, 0.25) is 5.91 Å². The van der Waals surface area contributed by atoms with Crippen molar-refractivity contribution in [3.8, 4) is 0 Å². The number of thioether (sulfide) groups is 1. The number of amides is 1. The van der Waals surface area contributed by atoms with E-state index >= 15 is 0 Å². The average Bonchev–Trinajstić information content (AvgIpc) is 2.59. The molecule has 5 nitrogen and oxygen atoms in total. The second kappa shape index (κ2) is 5.58. The Morgan fingerprint density at radius 2 is 2.29 bits per heavy atom. The molecule has 0 spiro atoms. The Morgan fingerprint density at radius 3 is 2.88 bits per heavy atom. The molecule has 2 rings (SSSR count). The quantitative estimate of drug-likeness (QED) is 0.720. The molecule has 2 fully saturated rings. The van der Waals surface area contributed by atoms with Crippen LogP contribution < -0.4 is 10.6 Å². The molecule has 0 bridgehead atoms. The first kappa shape index (κ1) is 13.2. The Bertz CT molecular complexity index is 377. The largest absolute Gasteiger partial charge is 0.352 e. The highest BCUT2D eigenvalue weighted by Gasteiger charge is 2.29. The number of carbonyl (C=O) groups is 1. The number of carbonyl (C=O) groups excluding carboxylic acids is 1. The van der Waals surface area contributed by atoms with Crippen LogP contribution in [0.3, 0.4) is 0 Å². The van der Waals surface area contributed by atoms with Crippen molar-refractivity contribution in [2.75, 3.05) is 29.6 Å². The molecular formula is C10H18N2O3S2. The molecule has 0 radical (unpaired) electrons. The zero-order chi connectivity index (χ0) is 12.3. The molecule has 0 aromatic carbocycles. The molecule has 2 atom stereocenters. The van der Waals surface area contributed by atoms with Crippen molar-refractivity contribution in [1.82, 2.24) is 10.6 Å². The smallest absolute Gasteiger partial charge is 0.221 e. The third kappa shape index (κ3) is 4.15. The van der Waals surface area contributed by atoms with Crippen molar-refractivity contribution in [1.29, 1.82) is 0 Å². The van der Waals surface area contributed by atoms with E-state index in [2.05, 4.69) is 10.6 Å². The van der Waals surface area contributed by atoms with Gasteiger partial charge in [0.15, 0.2) is 9.84 Å². The summed E-state index contributed by atoms with van der Waals surface area (Å²) in [7, 11) is -2.91. The molecule has 2 N–H and O–H groups in total. The van der Waals surface area contributed by atoms with E-state index in [1.807, 2.05) is 11.8 Å². The summed E-state index contributed by atoms with van der Waals surface area (Å²) in [6, 6.07) is 0.0514. The lowest BCUT2D eigenvalue weighted by Crippen LogP contribution is -2.43. The van der Waals surface area contributed by atoms with Crippen molar-refractivity contribution in [3.05, 3.63) is 0 Å². The monoisotopic (exact) mass is 278 g/mol. The van der Waals surface area contributed by atoms with Gasteiger partial charge in [-0.25, -0.2) is 8.42 Å². The molecule has 2 heterocycles. The summed E-state index contributed by atoms with van der Waals surface area (Å²) in [6.07, 6.45) is 1.00. The SMILES string of the molecule is O=C(CC1CSCCN1)NC1CCS(=O)(=O)C1. The summed E-state index contributed by atoms with van der Waals surface area (Å²) >= 11 is 1.85. The molecule has 2 aliphatic heterocycles. The van der Waals surface area contributed by atoms with E-state index in [1.165, 1.54) is 0 Å². The van der Waals surface area contributed by atoms with Crippen LogP contribution in [-0.4, -0.2) is 56.0 Å². The fraction of sp³-hybridized carbons (Fsp3) is 0.900. The van der Waals surface area contributed by atoms with Gasteiger partial charge in [-0.2, -0.15) is 11.8 Å². The van der Waals surface area contributed by atoms with Gasteiger partial charge in [0, 0.05) is 36.6 Å². The third-order valence-electron chi connectivity index (χ3n) is 3.03. The molecule has 0 saturated carbocycles. The second-order valence-corrected chi connectivity index (χ2v) is 7.98. The van der Waals surface area contributed by atoms with E-state index in [9.17, 15) is 13.2 Å². The maximum absolute atomic E-state index is 11.7. The normalized spacial score (nSPS) is 32.2. The molecule has 1 amide bonds. The fourth-order valence-corrected chi connectivity index (χ4v) is 4.79. The Labute approximate surface area is 106 Å². The molecule has 2 saturated heterocycles. The van der Waals surface area contributed by atoms with Crippen LogP contribution in [-0.2, 0) is 14.6 Å². The van der Waals surface area contributed by atoms with Gasteiger partial charge in [-0.05, 0) is 6.42 Å². The number of hydrogen-bond donors (Lipinski definition) is 2. The summed E-state index contributed by atoms with van der Waals surface area (Å²) in [5.41, 5.74) is 0. The maximum Gasteiger partial charge on any atom is 0.221 e. The highest BCUT2D eigenvalue weighted by Crippen LogP contribution is 2.13. The van der Waals surface area contributed by atoms with Gasteiger partial charge in [-0.1, -0.05) is 0 Å². The zero-order valence-corrected chi connectivity index (χ0v) is 11.3. The standard InChI is InChI=1S/C10H18N2O3S2/c13-10(5-9-6-16-3-2-11-9)12-8-1-4-17(14,15)7-8/h8-9,11H,1-7H2,(H,12,13). The lowest BCUT2D eigenvalue weighted by atomic mass is 10.2. The first-order chi connectivity index (χ1) is 8.05.